The fourth-order valence-corrected chi connectivity index (χ4v) is 2.72. The molecule has 0 aliphatic rings. The Balaban J connectivity index is 2.29. The number of amides is 1. The van der Waals surface area contributed by atoms with E-state index in [1.165, 1.54) is 0 Å². The number of carboxylic acids is 1. The maximum Gasteiger partial charge on any atom is 0.408 e. The third-order valence-corrected chi connectivity index (χ3v) is 3.81. The Morgan fingerprint density at radius 3 is 2.38 bits per heavy atom. The fraction of sp³-hybridized carbons (Fsp3) is 0.421. The lowest BCUT2D eigenvalue weighted by molar-refractivity contribution is -0.139. The first-order chi connectivity index (χ1) is 12.1. The normalized spacial score (nSPS) is 12.5. The van der Waals surface area contributed by atoms with Gasteiger partial charge in [0.1, 0.15) is 5.60 Å². The van der Waals surface area contributed by atoms with Crippen LogP contribution in [0.1, 0.15) is 49.3 Å². The van der Waals surface area contributed by atoms with Crippen molar-refractivity contribution >= 4 is 12.1 Å². The van der Waals surface area contributed by atoms with Gasteiger partial charge in [0.05, 0.1) is 12.2 Å². The summed E-state index contributed by atoms with van der Waals surface area (Å²) in [5.41, 5.74) is 2.06. The van der Waals surface area contributed by atoms with E-state index in [2.05, 4.69) is 10.4 Å². The van der Waals surface area contributed by atoms with E-state index in [9.17, 15) is 14.7 Å². The lowest BCUT2D eigenvalue weighted by Crippen LogP contribution is -2.38. The third kappa shape index (κ3) is 4.84. The van der Waals surface area contributed by atoms with Crippen LogP contribution in [0.5, 0.6) is 0 Å². The second kappa shape index (κ2) is 7.59. The van der Waals surface area contributed by atoms with Crippen LogP contribution >= 0.6 is 0 Å². The first kappa shape index (κ1) is 19.5. The number of carboxylic acid groups (broad SMARTS) is 1. The lowest BCUT2D eigenvalue weighted by Gasteiger charge is -2.22. The van der Waals surface area contributed by atoms with Crippen LogP contribution in [0.2, 0.25) is 0 Å². The SMILES string of the molecule is Cc1nn(Cc2ccccc2)c(C)c1C(NC(=O)OC(C)(C)C)C(=O)O. The molecule has 0 aliphatic carbocycles. The maximum atomic E-state index is 12.0. The van der Waals surface area contributed by atoms with Crippen LogP contribution in [0.4, 0.5) is 4.79 Å². The van der Waals surface area contributed by atoms with Crippen molar-refractivity contribution in [2.75, 3.05) is 0 Å². The predicted octanol–water partition coefficient (Wildman–Crippen LogP) is 3.20. The quantitative estimate of drug-likeness (QED) is 0.855. The first-order valence-corrected chi connectivity index (χ1v) is 8.38. The number of aromatic nitrogens is 2. The zero-order valence-electron chi connectivity index (χ0n) is 15.7. The second-order valence-electron chi connectivity index (χ2n) is 7.15. The molecule has 0 radical (unpaired) electrons. The van der Waals surface area contributed by atoms with Crippen molar-refractivity contribution in [2.45, 2.75) is 52.8 Å². The number of hydrogen-bond donors (Lipinski definition) is 2. The van der Waals surface area contributed by atoms with Gasteiger partial charge in [0.25, 0.3) is 0 Å². The molecule has 0 saturated heterocycles. The number of rotatable bonds is 5. The summed E-state index contributed by atoms with van der Waals surface area (Å²) in [6.45, 7) is 9.21. The van der Waals surface area contributed by atoms with Gasteiger partial charge in [-0.25, -0.2) is 9.59 Å². The Hall–Kier alpha value is -2.83. The van der Waals surface area contributed by atoms with Gasteiger partial charge in [-0.3, -0.25) is 4.68 Å². The zero-order chi connectivity index (χ0) is 19.5. The smallest absolute Gasteiger partial charge is 0.408 e. The number of carbonyl (C=O) groups excluding carboxylic acids is 1. The molecule has 0 fully saturated rings. The van der Waals surface area contributed by atoms with Gasteiger partial charge < -0.3 is 15.2 Å². The molecule has 0 aliphatic heterocycles. The Morgan fingerprint density at radius 1 is 1.23 bits per heavy atom. The lowest BCUT2D eigenvalue weighted by atomic mass is 10.1. The Bertz CT molecular complexity index is 791. The summed E-state index contributed by atoms with van der Waals surface area (Å²) in [6.07, 6.45) is -0.778. The van der Waals surface area contributed by atoms with Gasteiger partial charge in [-0.15, -0.1) is 0 Å². The monoisotopic (exact) mass is 359 g/mol. The molecule has 1 aromatic heterocycles. The van der Waals surface area contributed by atoms with Crippen molar-refractivity contribution in [3.05, 3.63) is 52.8 Å². The number of benzene rings is 1. The summed E-state index contributed by atoms with van der Waals surface area (Å²) in [5, 5.41) is 16.5. The van der Waals surface area contributed by atoms with Crippen LogP contribution in [0.15, 0.2) is 30.3 Å². The molecule has 7 nitrogen and oxygen atoms in total. The highest BCUT2D eigenvalue weighted by Gasteiger charge is 2.30. The molecule has 1 unspecified atom stereocenters. The van der Waals surface area contributed by atoms with Crippen LogP contribution in [-0.4, -0.2) is 32.6 Å². The van der Waals surface area contributed by atoms with Gasteiger partial charge in [0.15, 0.2) is 6.04 Å². The highest BCUT2D eigenvalue weighted by Crippen LogP contribution is 2.23. The highest BCUT2D eigenvalue weighted by atomic mass is 16.6. The minimum absolute atomic E-state index is 0.472. The van der Waals surface area contributed by atoms with E-state index in [1.807, 2.05) is 30.3 Å². The molecule has 0 saturated carbocycles. The van der Waals surface area contributed by atoms with Crippen LogP contribution in [-0.2, 0) is 16.1 Å². The highest BCUT2D eigenvalue weighted by molar-refractivity contribution is 5.82. The summed E-state index contributed by atoms with van der Waals surface area (Å²) in [7, 11) is 0. The molecule has 2 aromatic rings. The molecule has 2 N–H and O–H groups in total. The van der Waals surface area contributed by atoms with Crippen molar-refractivity contribution < 1.29 is 19.4 Å². The van der Waals surface area contributed by atoms with Crippen molar-refractivity contribution in [1.29, 1.82) is 0 Å². The van der Waals surface area contributed by atoms with Crippen LogP contribution in [0.25, 0.3) is 0 Å². The summed E-state index contributed by atoms with van der Waals surface area (Å²) >= 11 is 0. The second-order valence-corrected chi connectivity index (χ2v) is 7.15. The summed E-state index contributed by atoms with van der Waals surface area (Å²) in [6, 6.07) is 8.53. The van der Waals surface area contributed by atoms with Crippen molar-refractivity contribution in [3.63, 3.8) is 0 Å². The molecule has 7 heteroatoms. The van der Waals surface area contributed by atoms with Gasteiger partial charge in [-0.1, -0.05) is 30.3 Å². The molecule has 1 amide bonds. The molecule has 0 bridgehead atoms. The summed E-state index contributed by atoms with van der Waals surface area (Å²) in [4.78, 5) is 23.8. The molecular formula is C19H25N3O4. The van der Waals surface area contributed by atoms with E-state index in [-0.39, 0.29) is 0 Å². The molecule has 140 valence electrons. The minimum Gasteiger partial charge on any atom is -0.479 e. The van der Waals surface area contributed by atoms with Gasteiger partial charge in [-0.2, -0.15) is 5.10 Å². The first-order valence-electron chi connectivity index (χ1n) is 8.38. The van der Waals surface area contributed by atoms with Crippen molar-refractivity contribution in [3.8, 4) is 0 Å². The number of alkyl carbamates (subject to hydrolysis) is 1. The number of hydrogen-bond acceptors (Lipinski definition) is 4. The van der Waals surface area contributed by atoms with E-state index in [0.29, 0.717) is 23.5 Å². The average Bonchev–Trinajstić information content (AvgIpc) is 2.78. The molecule has 1 heterocycles. The minimum atomic E-state index is -1.23. The zero-order valence-corrected chi connectivity index (χ0v) is 15.7. The van der Waals surface area contributed by atoms with E-state index >= 15 is 0 Å². The predicted molar refractivity (Wildman–Crippen MR) is 97.0 cm³/mol. The van der Waals surface area contributed by atoms with Crippen LogP contribution in [0.3, 0.4) is 0 Å². The van der Waals surface area contributed by atoms with Gasteiger partial charge in [0.2, 0.25) is 0 Å². The van der Waals surface area contributed by atoms with Gasteiger partial charge >= 0.3 is 12.1 Å². The number of nitrogens with zero attached hydrogens (tertiary/aromatic N) is 2. The average molecular weight is 359 g/mol. The third-order valence-electron chi connectivity index (χ3n) is 3.81. The molecule has 1 atom stereocenters. The molecule has 26 heavy (non-hydrogen) atoms. The molecule has 0 spiro atoms. The van der Waals surface area contributed by atoms with Crippen LogP contribution in [0, 0.1) is 13.8 Å². The largest absolute Gasteiger partial charge is 0.479 e. The molecule has 2 rings (SSSR count). The van der Waals surface area contributed by atoms with E-state index < -0.39 is 23.7 Å². The number of carbonyl (C=O) groups is 2. The van der Waals surface area contributed by atoms with Crippen LogP contribution < -0.4 is 5.32 Å². The Labute approximate surface area is 153 Å². The fourth-order valence-electron chi connectivity index (χ4n) is 2.72. The van der Waals surface area contributed by atoms with Gasteiger partial charge in [-0.05, 0) is 40.2 Å². The van der Waals surface area contributed by atoms with Crippen molar-refractivity contribution in [1.82, 2.24) is 15.1 Å². The number of ether oxygens (including phenoxy) is 1. The maximum absolute atomic E-state index is 12.0. The topological polar surface area (TPSA) is 93.5 Å². The number of aryl methyl sites for hydroxylation is 1. The van der Waals surface area contributed by atoms with E-state index in [4.69, 9.17) is 4.74 Å². The Morgan fingerprint density at radius 2 is 1.85 bits per heavy atom. The Kier molecular flexibility index (Phi) is 5.69. The van der Waals surface area contributed by atoms with E-state index in [0.717, 1.165) is 5.56 Å². The number of nitrogens with one attached hydrogen (secondary N) is 1. The summed E-state index contributed by atoms with van der Waals surface area (Å²) in [5.74, 6) is -1.17. The summed E-state index contributed by atoms with van der Waals surface area (Å²) < 4.78 is 6.92. The van der Waals surface area contributed by atoms with E-state index in [1.54, 1.807) is 39.3 Å². The molecular weight excluding hydrogens is 334 g/mol. The number of aliphatic carboxylic acids is 1. The van der Waals surface area contributed by atoms with Crippen molar-refractivity contribution in [2.24, 2.45) is 0 Å². The van der Waals surface area contributed by atoms with Gasteiger partial charge in [0, 0.05) is 11.3 Å². The standard InChI is InChI=1S/C19H25N3O4/c1-12-15(16(17(23)24)20-18(25)26-19(3,4)5)13(2)22(21-12)11-14-9-7-6-8-10-14/h6-10,16H,11H2,1-5H3,(H,20,25)(H,23,24). The molecule has 1 aromatic carbocycles.